The fraction of sp³-hybridized carbons (Fsp3) is 1.00. The van der Waals surface area contributed by atoms with Crippen LogP contribution in [0, 0.1) is 0 Å². The molecule has 0 saturated carbocycles. The van der Waals surface area contributed by atoms with E-state index in [1.165, 1.54) is 0 Å². The quantitative estimate of drug-likeness (QED) is 0.746. The lowest BCUT2D eigenvalue weighted by Gasteiger charge is -2.22. The average molecular weight is 250 g/mol. The molecule has 0 bridgehead atoms. The molecule has 1 aliphatic heterocycles. The Morgan fingerprint density at radius 2 is 1.88 bits per heavy atom. The van der Waals surface area contributed by atoms with Gasteiger partial charge in [-0.3, -0.25) is 4.90 Å². The van der Waals surface area contributed by atoms with Gasteiger partial charge in [0.2, 0.25) is 10.0 Å². The Morgan fingerprint density at radius 3 is 2.44 bits per heavy atom. The van der Waals surface area contributed by atoms with Gasteiger partial charge in [0.05, 0.1) is 11.9 Å². The number of hydrogen-bond donors (Lipinski definition) is 1. The predicted octanol–water partition coefficient (Wildman–Crippen LogP) is -0.275. The molecule has 0 aliphatic carbocycles. The molecule has 0 aromatic rings. The molecule has 0 radical (unpaired) electrons. The van der Waals surface area contributed by atoms with Crippen molar-refractivity contribution in [1.82, 2.24) is 9.21 Å². The van der Waals surface area contributed by atoms with Crippen molar-refractivity contribution >= 4 is 10.0 Å². The Labute approximate surface area is 98.1 Å². The predicted molar refractivity (Wildman–Crippen MR) is 63.8 cm³/mol. The molecule has 1 heterocycles. The first kappa shape index (κ1) is 13.9. The van der Waals surface area contributed by atoms with E-state index in [0.717, 1.165) is 13.0 Å². The molecule has 96 valence electrons. The topological polar surface area (TPSA) is 60.9 Å². The van der Waals surface area contributed by atoms with E-state index in [0.29, 0.717) is 26.2 Å². The van der Waals surface area contributed by atoms with E-state index in [9.17, 15) is 8.42 Å². The van der Waals surface area contributed by atoms with Crippen LogP contribution >= 0.6 is 0 Å². The SMILES string of the molecule is CC(C)S(=O)(=O)N1CCCN(CCO)CC1. The van der Waals surface area contributed by atoms with Gasteiger partial charge < -0.3 is 5.11 Å². The maximum Gasteiger partial charge on any atom is 0.216 e. The summed E-state index contributed by atoms with van der Waals surface area (Å²) in [6.07, 6.45) is 0.839. The molecule has 0 amide bonds. The Hall–Kier alpha value is -0.170. The standard InChI is InChI=1S/C10H22N2O3S/c1-10(2)16(14,15)12-5-3-4-11(6-7-12)8-9-13/h10,13H,3-9H2,1-2H3. The highest BCUT2D eigenvalue weighted by molar-refractivity contribution is 7.89. The molecule has 0 unspecified atom stereocenters. The van der Waals surface area contributed by atoms with Gasteiger partial charge in [0.15, 0.2) is 0 Å². The first-order valence-corrected chi connectivity index (χ1v) is 7.31. The number of β-amino-alcohol motifs (C(OH)–C–C–N with tert-alkyl or cyclic N) is 1. The number of rotatable bonds is 4. The number of aliphatic hydroxyl groups is 1. The molecule has 0 aromatic carbocycles. The van der Waals surface area contributed by atoms with Crippen LogP contribution in [0.25, 0.3) is 0 Å². The number of nitrogens with zero attached hydrogens (tertiary/aromatic N) is 2. The minimum atomic E-state index is -3.12. The van der Waals surface area contributed by atoms with Crippen molar-refractivity contribution < 1.29 is 13.5 Å². The van der Waals surface area contributed by atoms with Crippen molar-refractivity contribution in [3.8, 4) is 0 Å². The van der Waals surface area contributed by atoms with Crippen LogP contribution < -0.4 is 0 Å². The highest BCUT2D eigenvalue weighted by Crippen LogP contribution is 2.12. The van der Waals surface area contributed by atoms with Crippen LogP contribution in [0.15, 0.2) is 0 Å². The van der Waals surface area contributed by atoms with Gasteiger partial charge in [-0.25, -0.2) is 12.7 Å². The van der Waals surface area contributed by atoms with Gasteiger partial charge in [0.25, 0.3) is 0 Å². The van der Waals surface area contributed by atoms with Crippen molar-refractivity contribution in [2.75, 3.05) is 39.3 Å². The third kappa shape index (κ3) is 3.41. The van der Waals surface area contributed by atoms with Gasteiger partial charge in [-0.05, 0) is 26.8 Å². The van der Waals surface area contributed by atoms with Crippen LogP contribution in [0.5, 0.6) is 0 Å². The highest BCUT2D eigenvalue weighted by Gasteiger charge is 2.27. The second kappa shape index (κ2) is 5.95. The minimum Gasteiger partial charge on any atom is -0.395 e. The number of sulfonamides is 1. The van der Waals surface area contributed by atoms with Crippen LogP contribution in [0.3, 0.4) is 0 Å². The van der Waals surface area contributed by atoms with Crippen molar-refractivity contribution in [3.63, 3.8) is 0 Å². The molecule has 1 rings (SSSR count). The third-order valence-corrected chi connectivity index (χ3v) is 5.20. The fourth-order valence-corrected chi connectivity index (χ4v) is 3.18. The molecule has 6 heteroatoms. The lowest BCUT2D eigenvalue weighted by molar-refractivity contribution is 0.202. The molecular weight excluding hydrogens is 228 g/mol. The summed E-state index contributed by atoms with van der Waals surface area (Å²) in [5.41, 5.74) is 0. The number of hydrogen-bond acceptors (Lipinski definition) is 4. The summed E-state index contributed by atoms with van der Waals surface area (Å²) < 4.78 is 25.5. The molecule has 5 nitrogen and oxygen atoms in total. The van der Waals surface area contributed by atoms with Crippen LogP contribution in [0.2, 0.25) is 0 Å². The summed E-state index contributed by atoms with van der Waals surface area (Å²) in [4.78, 5) is 2.11. The molecule has 0 atom stereocenters. The van der Waals surface area contributed by atoms with Crippen LogP contribution in [-0.4, -0.2) is 67.3 Å². The fourth-order valence-electron chi connectivity index (χ4n) is 1.86. The minimum absolute atomic E-state index is 0.136. The van der Waals surface area contributed by atoms with E-state index in [4.69, 9.17) is 5.11 Å². The Bertz CT molecular complexity index is 303. The monoisotopic (exact) mass is 250 g/mol. The zero-order valence-electron chi connectivity index (χ0n) is 10.1. The molecule has 0 aromatic heterocycles. The van der Waals surface area contributed by atoms with Crippen LogP contribution in [-0.2, 0) is 10.0 Å². The van der Waals surface area contributed by atoms with Gasteiger partial charge in [0.1, 0.15) is 0 Å². The first-order chi connectivity index (χ1) is 7.48. The maximum atomic E-state index is 12.0. The normalized spacial score (nSPS) is 21.2. The lowest BCUT2D eigenvalue weighted by atomic mass is 10.4. The van der Waals surface area contributed by atoms with Gasteiger partial charge in [0, 0.05) is 26.2 Å². The summed E-state index contributed by atoms with van der Waals surface area (Å²) in [5.74, 6) is 0. The van der Waals surface area contributed by atoms with E-state index < -0.39 is 10.0 Å². The highest BCUT2D eigenvalue weighted by atomic mass is 32.2. The summed E-state index contributed by atoms with van der Waals surface area (Å²) in [6.45, 7) is 6.92. The number of aliphatic hydroxyl groups excluding tert-OH is 1. The second-order valence-corrected chi connectivity index (χ2v) is 6.90. The summed E-state index contributed by atoms with van der Waals surface area (Å²) in [7, 11) is -3.12. The summed E-state index contributed by atoms with van der Waals surface area (Å²) in [6, 6.07) is 0. The van der Waals surface area contributed by atoms with Gasteiger partial charge in [-0.2, -0.15) is 0 Å². The summed E-state index contributed by atoms with van der Waals surface area (Å²) >= 11 is 0. The Morgan fingerprint density at radius 1 is 1.19 bits per heavy atom. The maximum absolute atomic E-state index is 12.0. The van der Waals surface area contributed by atoms with Crippen LogP contribution in [0.4, 0.5) is 0 Å². The van der Waals surface area contributed by atoms with E-state index in [1.807, 2.05) is 0 Å². The van der Waals surface area contributed by atoms with Crippen molar-refractivity contribution in [3.05, 3.63) is 0 Å². The van der Waals surface area contributed by atoms with Crippen LogP contribution in [0.1, 0.15) is 20.3 Å². The zero-order chi connectivity index (χ0) is 12.2. The average Bonchev–Trinajstić information content (AvgIpc) is 2.44. The Balaban J connectivity index is 2.60. The van der Waals surface area contributed by atoms with Gasteiger partial charge >= 0.3 is 0 Å². The molecule has 16 heavy (non-hydrogen) atoms. The molecule has 1 aliphatic rings. The van der Waals surface area contributed by atoms with E-state index in [2.05, 4.69) is 4.90 Å². The lowest BCUT2D eigenvalue weighted by Crippen LogP contribution is -2.39. The van der Waals surface area contributed by atoms with Crippen molar-refractivity contribution in [2.24, 2.45) is 0 Å². The molecule has 0 spiro atoms. The van der Waals surface area contributed by atoms with E-state index in [-0.39, 0.29) is 11.9 Å². The largest absolute Gasteiger partial charge is 0.395 e. The zero-order valence-corrected chi connectivity index (χ0v) is 10.9. The molecule has 1 saturated heterocycles. The molecule has 1 N–H and O–H groups in total. The third-order valence-electron chi connectivity index (χ3n) is 2.92. The van der Waals surface area contributed by atoms with Gasteiger partial charge in [-0.1, -0.05) is 0 Å². The molecular formula is C10H22N2O3S. The van der Waals surface area contributed by atoms with Crippen molar-refractivity contribution in [2.45, 2.75) is 25.5 Å². The molecule has 1 fully saturated rings. The van der Waals surface area contributed by atoms with Gasteiger partial charge in [-0.15, -0.1) is 0 Å². The second-order valence-electron chi connectivity index (χ2n) is 4.41. The van der Waals surface area contributed by atoms with E-state index >= 15 is 0 Å². The van der Waals surface area contributed by atoms with Crippen molar-refractivity contribution in [1.29, 1.82) is 0 Å². The first-order valence-electron chi connectivity index (χ1n) is 5.80. The Kier molecular flexibility index (Phi) is 5.17. The van der Waals surface area contributed by atoms with E-state index in [1.54, 1.807) is 18.2 Å². The smallest absolute Gasteiger partial charge is 0.216 e. The summed E-state index contributed by atoms with van der Waals surface area (Å²) in [5, 5.41) is 8.50.